The van der Waals surface area contributed by atoms with Crippen molar-refractivity contribution in [3.8, 4) is 0 Å². The summed E-state index contributed by atoms with van der Waals surface area (Å²) in [7, 11) is 1.97. The third-order valence-electron chi connectivity index (χ3n) is 3.28. The van der Waals surface area contributed by atoms with Crippen LogP contribution in [0.4, 0.5) is 0 Å². The topological polar surface area (TPSA) is 50.4 Å². The monoisotopic (exact) mass is 242 g/mol. The summed E-state index contributed by atoms with van der Waals surface area (Å²) in [4.78, 5) is 11.7. The van der Waals surface area contributed by atoms with E-state index in [-0.39, 0.29) is 18.1 Å². The molecule has 1 rings (SSSR count). The van der Waals surface area contributed by atoms with E-state index in [0.717, 1.165) is 44.7 Å². The van der Waals surface area contributed by atoms with Crippen LogP contribution >= 0.6 is 0 Å². The number of carbonyl (C=O) groups is 1. The van der Waals surface area contributed by atoms with E-state index >= 15 is 0 Å². The van der Waals surface area contributed by atoms with E-state index in [0.29, 0.717) is 0 Å². The van der Waals surface area contributed by atoms with Gasteiger partial charge in [0.1, 0.15) is 6.10 Å². The summed E-state index contributed by atoms with van der Waals surface area (Å²) < 4.78 is 5.72. The fraction of sp³-hybridized carbons (Fsp3) is 0.923. The maximum absolute atomic E-state index is 11.7. The van der Waals surface area contributed by atoms with Gasteiger partial charge in [0.2, 0.25) is 5.91 Å². The number of carbonyl (C=O) groups excluding carboxylic acids is 1. The summed E-state index contributed by atoms with van der Waals surface area (Å²) in [6, 6.07) is 0. The molecule has 17 heavy (non-hydrogen) atoms. The van der Waals surface area contributed by atoms with Gasteiger partial charge in [0.25, 0.3) is 0 Å². The van der Waals surface area contributed by atoms with Crippen LogP contribution in [0, 0.1) is 5.92 Å². The first-order valence-electron chi connectivity index (χ1n) is 6.75. The molecule has 0 aromatic heterocycles. The smallest absolute Gasteiger partial charge is 0.248 e. The van der Waals surface area contributed by atoms with Crippen LogP contribution < -0.4 is 10.6 Å². The van der Waals surface area contributed by atoms with Gasteiger partial charge in [0.15, 0.2) is 0 Å². The predicted molar refractivity (Wildman–Crippen MR) is 68.9 cm³/mol. The van der Waals surface area contributed by atoms with Crippen molar-refractivity contribution in [3.63, 3.8) is 0 Å². The first-order chi connectivity index (χ1) is 8.17. The molecule has 1 unspecified atom stereocenters. The molecule has 4 nitrogen and oxygen atoms in total. The lowest BCUT2D eigenvalue weighted by Crippen LogP contribution is -2.43. The Hall–Kier alpha value is -0.610. The predicted octanol–water partition coefficient (Wildman–Crippen LogP) is 1.31. The quantitative estimate of drug-likeness (QED) is 0.631. The van der Waals surface area contributed by atoms with Gasteiger partial charge in [-0.25, -0.2) is 0 Å². The molecule has 0 bridgehead atoms. The van der Waals surface area contributed by atoms with Gasteiger partial charge >= 0.3 is 0 Å². The molecule has 4 heteroatoms. The van der Waals surface area contributed by atoms with Crippen LogP contribution in [0.25, 0.3) is 0 Å². The second-order valence-electron chi connectivity index (χ2n) is 4.94. The van der Waals surface area contributed by atoms with Crippen LogP contribution in [0.2, 0.25) is 0 Å². The lowest BCUT2D eigenvalue weighted by atomic mass is 9.82. The number of rotatable bonds is 8. The summed E-state index contributed by atoms with van der Waals surface area (Å²) in [5.41, 5.74) is 0. The highest BCUT2D eigenvalue weighted by Crippen LogP contribution is 2.30. The van der Waals surface area contributed by atoms with Gasteiger partial charge in [-0.1, -0.05) is 13.3 Å². The number of unbranched alkanes of at least 4 members (excludes halogenated alkanes) is 1. The van der Waals surface area contributed by atoms with Crippen LogP contribution in [0.15, 0.2) is 0 Å². The fourth-order valence-electron chi connectivity index (χ4n) is 2.12. The Kier molecular flexibility index (Phi) is 6.52. The summed E-state index contributed by atoms with van der Waals surface area (Å²) in [6.45, 7) is 5.77. The van der Waals surface area contributed by atoms with Gasteiger partial charge in [-0.15, -0.1) is 0 Å². The van der Waals surface area contributed by atoms with Crippen molar-refractivity contribution in [3.05, 3.63) is 0 Å². The summed E-state index contributed by atoms with van der Waals surface area (Å²) >= 11 is 0. The van der Waals surface area contributed by atoms with E-state index in [1.165, 1.54) is 0 Å². The number of hydrogen-bond acceptors (Lipinski definition) is 3. The minimum Gasteiger partial charge on any atom is -0.365 e. The molecule has 0 aromatic carbocycles. The van der Waals surface area contributed by atoms with Crippen molar-refractivity contribution in [1.29, 1.82) is 0 Å². The maximum atomic E-state index is 11.7. The Balaban J connectivity index is 2.09. The van der Waals surface area contributed by atoms with Crippen molar-refractivity contribution >= 4 is 5.91 Å². The Bertz CT molecular complexity index is 227. The van der Waals surface area contributed by atoms with E-state index in [4.69, 9.17) is 4.74 Å². The van der Waals surface area contributed by atoms with Crippen molar-refractivity contribution in [2.45, 2.75) is 51.7 Å². The standard InChI is InChI=1S/C13H26N2O2/c1-4-5-6-15-13(16)10(2)17-12-7-11(8-12)9-14-3/h10-12,14H,4-9H2,1-3H3,(H,15,16). The largest absolute Gasteiger partial charge is 0.365 e. The normalized spacial score (nSPS) is 25.1. The van der Waals surface area contributed by atoms with E-state index in [1.807, 2.05) is 14.0 Å². The molecule has 0 saturated heterocycles. The van der Waals surface area contributed by atoms with E-state index in [1.54, 1.807) is 0 Å². The van der Waals surface area contributed by atoms with E-state index < -0.39 is 0 Å². The highest BCUT2D eigenvalue weighted by Gasteiger charge is 2.31. The van der Waals surface area contributed by atoms with Crippen molar-refractivity contribution in [2.75, 3.05) is 20.1 Å². The first kappa shape index (κ1) is 14.5. The van der Waals surface area contributed by atoms with Crippen LogP contribution in [0.1, 0.15) is 39.5 Å². The van der Waals surface area contributed by atoms with Crippen molar-refractivity contribution < 1.29 is 9.53 Å². The second-order valence-corrected chi connectivity index (χ2v) is 4.94. The Morgan fingerprint density at radius 3 is 2.76 bits per heavy atom. The molecular weight excluding hydrogens is 216 g/mol. The number of hydrogen-bond donors (Lipinski definition) is 2. The molecule has 0 heterocycles. The lowest BCUT2D eigenvalue weighted by molar-refractivity contribution is -0.141. The molecule has 2 N–H and O–H groups in total. The molecule has 0 aliphatic heterocycles. The molecule has 100 valence electrons. The number of ether oxygens (including phenoxy) is 1. The Morgan fingerprint density at radius 1 is 1.47 bits per heavy atom. The van der Waals surface area contributed by atoms with E-state index in [9.17, 15) is 4.79 Å². The highest BCUT2D eigenvalue weighted by molar-refractivity contribution is 5.80. The molecule has 0 aromatic rings. The third-order valence-corrected chi connectivity index (χ3v) is 3.28. The second kappa shape index (κ2) is 7.67. The summed E-state index contributed by atoms with van der Waals surface area (Å²) in [5, 5.41) is 6.06. The van der Waals surface area contributed by atoms with E-state index in [2.05, 4.69) is 17.6 Å². The zero-order valence-electron chi connectivity index (χ0n) is 11.3. The number of nitrogens with one attached hydrogen (secondary N) is 2. The van der Waals surface area contributed by atoms with Gasteiger partial charge in [-0.2, -0.15) is 0 Å². The molecule has 1 aliphatic carbocycles. The fourth-order valence-corrected chi connectivity index (χ4v) is 2.12. The molecule has 1 aliphatic rings. The summed E-state index contributed by atoms with van der Waals surface area (Å²) in [5.74, 6) is 0.746. The first-order valence-corrected chi connectivity index (χ1v) is 6.75. The van der Waals surface area contributed by atoms with Crippen LogP contribution in [-0.4, -0.2) is 38.3 Å². The lowest BCUT2D eigenvalue weighted by Gasteiger charge is -2.36. The van der Waals surface area contributed by atoms with Gasteiger partial charge in [0.05, 0.1) is 6.10 Å². The van der Waals surface area contributed by atoms with Gasteiger partial charge < -0.3 is 15.4 Å². The molecule has 1 fully saturated rings. The highest BCUT2D eigenvalue weighted by atomic mass is 16.5. The minimum atomic E-state index is -0.313. The van der Waals surface area contributed by atoms with Gasteiger partial charge in [0, 0.05) is 6.54 Å². The minimum absolute atomic E-state index is 0.0236. The number of amides is 1. The zero-order chi connectivity index (χ0) is 12.7. The third kappa shape index (κ3) is 5.04. The Labute approximate surface area is 104 Å². The van der Waals surface area contributed by atoms with Gasteiger partial charge in [-0.05, 0) is 45.7 Å². The Morgan fingerprint density at radius 2 is 2.18 bits per heavy atom. The summed E-state index contributed by atoms with van der Waals surface area (Å²) in [6.07, 6.45) is 4.25. The molecular formula is C13H26N2O2. The van der Waals surface area contributed by atoms with Crippen LogP contribution in [0.3, 0.4) is 0 Å². The molecule has 1 atom stereocenters. The van der Waals surface area contributed by atoms with Crippen molar-refractivity contribution in [1.82, 2.24) is 10.6 Å². The average molecular weight is 242 g/mol. The molecule has 1 saturated carbocycles. The SMILES string of the molecule is CCCCNC(=O)C(C)OC1CC(CNC)C1. The maximum Gasteiger partial charge on any atom is 0.248 e. The zero-order valence-corrected chi connectivity index (χ0v) is 11.3. The van der Waals surface area contributed by atoms with Crippen LogP contribution in [0.5, 0.6) is 0 Å². The molecule has 0 radical (unpaired) electrons. The van der Waals surface area contributed by atoms with Gasteiger partial charge in [-0.3, -0.25) is 4.79 Å². The van der Waals surface area contributed by atoms with Crippen LogP contribution in [-0.2, 0) is 9.53 Å². The van der Waals surface area contributed by atoms with Crippen molar-refractivity contribution in [2.24, 2.45) is 5.92 Å². The average Bonchev–Trinajstić information content (AvgIpc) is 2.26. The molecule has 1 amide bonds. The molecule has 0 spiro atoms.